The number of pyridine rings is 1. The first-order valence-corrected chi connectivity index (χ1v) is 11.2. The zero-order valence-electron chi connectivity index (χ0n) is 16.9. The topological polar surface area (TPSA) is 64.1 Å². The fraction of sp³-hybridized carbons (Fsp3) is 0.174. The van der Waals surface area contributed by atoms with E-state index in [1.807, 2.05) is 73.8 Å². The van der Waals surface area contributed by atoms with Gasteiger partial charge in [-0.1, -0.05) is 54.2 Å². The SMILES string of the molecule is COc1cccc2c(C)cc(SC(C)C(=O)Nc3nc(-c4ccccc4)cs3)nc12. The maximum absolute atomic E-state index is 12.7. The van der Waals surface area contributed by atoms with Crippen LogP contribution in [0.3, 0.4) is 0 Å². The molecule has 2 heterocycles. The summed E-state index contributed by atoms with van der Waals surface area (Å²) in [5, 5.41) is 6.97. The monoisotopic (exact) mass is 435 g/mol. The van der Waals surface area contributed by atoms with Crippen LogP contribution in [0.2, 0.25) is 0 Å². The van der Waals surface area contributed by atoms with E-state index < -0.39 is 0 Å². The number of para-hydroxylation sites is 1. The van der Waals surface area contributed by atoms with Crippen molar-refractivity contribution in [2.24, 2.45) is 0 Å². The van der Waals surface area contributed by atoms with Gasteiger partial charge in [-0.15, -0.1) is 11.3 Å². The van der Waals surface area contributed by atoms with Crippen molar-refractivity contribution in [2.75, 3.05) is 12.4 Å². The molecular formula is C23H21N3O2S2. The second kappa shape index (κ2) is 8.85. The maximum atomic E-state index is 12.7. The molecule has 0 fully saturated rings. The molecule has 0 bridgehead atoms. The predicted octanol–water partition coefficient (Wildman–Crippen LogP) is 5.79. The van der Waals surface area contributed by atoms with E-state index in [-0.39, 0.29) is 11.2 Å². The highest BCUT2D eigenvalue weighted by Crippen LogP contribution is 2.32. The summed E-state index contributed by atoms with van der Waals surface area (Å²) in [4.78, 5) is 22.0. The van der Waals surface area contributed by atoms with E-state index in [2.05, 4.69) is 10.3 Å². The largest absolute Gasteiger partial charge is 0.494 e. The van der Waals surface area contributed by atoms with Crippen LogP contribution in [-0.2, 0) is 4.79 Å². The van der Waals surface area contributed by atoms with E-state index >= 15 is 0 Å². The van der Waals surface area contributed by atoms with Gasteiger partial charge in [-0.3, -0.25) is 4.79 Å². The Hall–Kier alpha value is -2.90. The van der Waals surface area contributed by atoms with Crippen LogP contribution in [0.25, 0.3) is 22.2 Å². The number of rotatable bonds is 6. The molecule has 1 atom stereocenters. The van der Waals surface area contributed by atoms with Crippen molar-refractivity contribution < 1.29 is 9.53 Å². The number of aromatic nitrogens is 2. The van der Waals surface area contributed by atoms with Crippen molar-refractivity contribution in [3.63, 3.8) is 0 Å². The number of thioether (sulfide) groups is 1. The third-order valence-electron chi connectivity index (χ3n) is 4.68. The van der Waals surface area contributed by atoms with Gasteiger partial charge >= 0.3 is 0 Å². The fourth-order valence-electron chi connectivity index (χ4n) is 3.10. The number of anilines is 1. The number of hydrogen-bond donors (Lipinski definition) is 1. The second-order valence-corrected chi connectivity index (χ2v) is 9.01. The lowest BCUT2D eigenvalue weighted by Gasteiger charge is -2.13. The molecule has 4 rings (SSSR count). The van der Waals surface area contributed by atoms with Gasteiger partial charge in [0.25, 0.3) is 0 Å². The predicted molar refractivity (Wildman–Crippen MR) is 125 cm³/mol. The Labute approximate surface area is 183 Å². The van der Waals surface area contributed by atoms with Crippen molar-refractivity contribution in [3.8, 4) is 17.0 Å². The van der Waals surface area contributed by atoms with E-state index in [1.54, 1.807) is 7.11 Å². The summed E-state index contributed by atoms with van der Waals surface area (Å²) in [6.07, 6.45) is 0. The third kappa shape index (κ3) is 4.32. The number of ether oxygens (including phenoxy) is 1. The van der Waals surface area contributed by atoms with Crippen molar-refractivity contribution in [1.29, 1.82) is 0 Å². The Kier molecular flexibility index (Phi) is 6.01. The number of amides is 1. The number of aryl methyl sites for hydroxylation is 1. The van der Waals surface area contributed by atoms with Crippen LogP contribution in [0.5, 0.6) is 5.75 Å². The van der Waals surface area contributed by atoms with E-state index in [0.29, 0.717) is 5.13 Å². The molecule has 7 heteroatoms. The second-order valence-electron chi connectivity index (χ2n) is 6.79. The molecule has 2 aromatic carbocycles. The van der Waals surface area contributed by atoms with Crippen LogP contribution >= 0.6 is 23.1 Å². The van der Waals surface area contributed by atoms with E-state index in [9.17, 15) is 4.79 Å². The van der Waals surface area contributed by atoms with Gasteiger partial charge in [-0.25, -0.2) is 9.97 Å². The van der Waals surface area contributed by atoms with Crippen molar-refractivity contribution in [1.82, 2.24) is 9.97 Å². The Morgan fingerprint density at radius 3 is 2.70 bits per heavy atom. The standard InChI is InChI=1S/C23H21N3O2S2/c1-14-12-20(25-21-17(14)10-7-11-19(21)28-3)30-15(2)22(27)26-23-24-18(13-29-23)16-8-5-4-6-9-16/h4-13,15H,1-3H3,(H,24,26,27). The average Bonchev–Trinajstić information content (AvgIpc) is 3.22. The van der Waals surface area contributed by atoms with Crippen LogP contribution in [0, 0.1) is 6.92 Å². The molecular weight excluding hydrogens is 414 g/mol. The van der Waals surface area contributed by atoms with Crippen LogP contribution in [0.1, 0.15) is 12.5 Å². The minimum absolute atomic E-state index is 0.103. The molecule has 0 spiro atoms. The molecule has 0 aliphatic heterocycles. The van der Waals surface area contributed by atoms with Gasteiger partial charge in [-0.2, -0.15) is 0 Å². The van der Waals surface area contributed by atoms with Crippen LogP contribution < -0.4 is 10.1 Å². The number of fused-ring (bicyclic) bond motifs is 1. The Balaban J connectivity index is 1.48. The number of hydrogen-bond acceptors (Lipinski definition) is 6. The smallest absolute Gasteiger partial charge is 0.239 e. The molecule has 0 aliphatic carbocycles. The molecule has 1 unspecified atom stereocenters. The van der Waals surface area contributed by atoms with Gasteiger partial charge in [0.15, 0.2) is 5.13 Å². The average molecular weight is 436 g/mol. The summed E-state index contributed by atoms with van der Waals surface area (Å²) in [5.41, 5.74) is 3.79. The number of nitrogens with zero attached hydrogens (tertiary/aromatic N) is 2. The lowest BCUT2D eigenvalue weighted by molar-refractivity contribution is -0.115. The molecule has 30 heavy (non-hydrogen) atoms. The summed E-state index contributed by atoms with van der Waals surface area (Å²) < 4.78 is 5.45. The zero-order chi connectivity index (χ0) is 21.1. The first-order valence-electron chi connectivity index (χ1n) is 9.48. The highest BCUT2D eigenvalue weighted by Gasteiger charge is 2.18. The summed E-state index contributed by atoms with van der Waals surface area (Å²) in [5.74, 6) is 0.625. The summed E-state index contributed by atoms with van der Waals surface area (Å²) in [6.45, 7) is 3.91. The quantitative estimate of drug-likeness (QED) is 0.388. The first-order chi connectivity index (χ1) is 14.5. The normalized spacial score (nSPS) is 12.0. The molecule has 2 aromatic heterocycles. The molecule has 1 N–H and O–H groups in total. The van der Waals surface area contributed by atoms with Gasteiger partial charge in [0.05, 0.1) is 23.1 Å². The number of nitrogens with one attached hydrogen (secondary N) is 1. The number of methoxy groups -OCH3 is 1. The molecule has 0 saturated heterocycles. The zero-order valence-corrected chi connectivity index (χ0v) is 18.5. The first kappa shape index (κ1) is 20.4. The van der Waals surface area contributed by atoms with E-state index in [4.69, 9.17) is 9.72 Å². The number of carbonyl (C=O) groups is 1. The molecule has 4 aromatic rings. The fourth-order valence-corrected chi connectivity index (χ4v) is 4.74. The highest BCUT2D eigenvalue weighted by molar-refractivity contribution is 8.00. The van der Waals surface area contributed by atoms with E-state index in [0.717, 1.165) is 38.5 Å². The Morgan fingerprint density at radius 1 is 1.13 bits per heavy atom. The number of carbonyl (C=O) groups excluding carboxylic acids is 1. The van der Waals surface area contributed by atoms with Crippen molar-refractivity contribution >= 4 is 45.0 Å². The molecule has 0 saturated carbocycles. The molecule has 1 amide bonds. The Morgan fingerprint density at radius 2 is 1.93 bits per heavy atom. The summed E-state index contributed by atoms with van der Waals surface area (Å²) in [7, 11) is 1.64. The lowest BCUT2D eigenvalue weighted by Crippen LogP contribution is -2.22. The maximum Gasteiger partial charge on any atom is 0.239 e. The van der Waals surface area contributed by atoms with Gasteiger partial charge in [0.1, 0.15) is 11.3 Å². The van der Waals surface area contributed by atoms with Crippen molar-refractivity contribution in [3.05, 3.63) is 65.5 Å². The molecule has 0 aliphatic rings. The van der Waals surface area contributed by atoms with E-state index in [1.165, 1.54) is 23.1 Å². The number of benzene rings is 2. The lowest BCUT2D eigenvalue weighted by atomic mass is 10.1. The van der Waals surface area contributed by atoms with Gasteiger partial charge in [0.2, 0.25) is 5.91 Å². The van der Waals surface area contributed by atoms with Gasteiger partial charge < -0.3 is 10.1 Å². The molecule has 5 nitrogen and oxygen atoms in total. The highest BCUT2D eigenvalue weighted by atomic mass is 32.2. The van der Waals surface area contributed by atoms with Gasteiger partial charge in [0, 0.05) is 16.3 Å². The van der Waals surface area contributed by atoms with Crippen LogP contribution in [0.4, 0.5) is 5.13 Å². The molecule has 0 radical (unpaired) electrons. The number of thiazole rings is 1. The van der Waals surface area contributed by atoms with Crippen LogP contribution in [-0.4, -0.2) is 28.2 Å². The summed E-state index contributed by atoms with van der Waals surface area (Å²) in [6, 6.07) is 17.8. The third-order valence-corrected chi connectivity index (χ3v) is 6.45. The van der Waals surface area contributed by atoms with Crippen molar-refractivity contribution in [2.45, 2.75) is 24.1 Å². The molecule has 152 valence electrons. The summed E-state index contributed by atoms with van der Waals surface area (Å²) >= 11 is 2.84. The van der Waals surface area contributed by atoms with Gasteiger partial charge in [-0.05, 0) is 31.5 Å². The minimum atomic E-state index is -0.326. The minimum Gasteiger partial charge on any atom is -0.494 e. The Bertz CT molecular complexity index is 1190. The van der Waals surface area contributed by atoms with Crippen LogP contribution in [0.15, 0.2) is 65.0 Å².